The van der Waals surface area contributed by atoms with Crippen LogP contribution in [0.15, 0.2) is 34.9 Å². The number of likely N-dealkylation sites (tertiary alicyclic amines) is 1. The van der Waals surface area contributed by atoms with E-state index in [4.69, 9.17) is 4.52 Å². The third kappa shape index (κ3) is 3.46. The molecule has 2 fully saturated rings. The highest BCUT2D eigenvalue weighted by Gasteiger charge is 2.39. The van der Waals surface area contributed by atoms with E-state index in [9.17, 15) is 9.59 Å². The molecule has 2 amide bonds. The SMILES string of the molecule is CCC(C(=O)N1CC(c2nc(C3CCCNC3=O)no2)C1)c1ccccc1. The van der Waals surface area contributed by atoms with Gasteiger partial charge in [-0.2, -0.15) is 4.98 Å². The van der Waals surface area contributed by atoms with E-state index in [1.54, 1.807) is 0 Å². The number of benzene rings is 1. The molecule has 7 heteroatoms. The lowest BCUT2D eigenvalue weighted by Crippen LogP contribution is -2.50. The summed E-state index contributed by atoms with van der Waals surface area (Å²) in [6.45, 7) is 3.91. The second-order valence-electron chi connectivity index (χ2n) is 7.29. The zero-order valence-corrected chi connectivity index (χ0v) is 15.4. The molecule has 0 bridgehead atoms. The van der Waals surface area contributed by atoms with Crippen LogP contribution >= 0.6 is 0 Å². The Morgan fingerprint density at radius 2 is 2.11 bits per heavy atom. The molecule has 2 aromatic rings. The second kappa shape index (κ2) is 7.50. The molecule has 1 aromatic carbocycles. The van der Waals surface area contributed by atoms with Gasteiger partial charge >= 0.3 is 0 Å². The van der Waals surface area contributed by atoms with Crippen LogP contribution in [0.5, 0.6) is 0 Å². The van der Waals surface area contributed by atoms with Crippen molar-refractivity contribution in [3.63, 3.8) is 0 Å². The van der Waals surface area contributed by atoms with E-state index in [0.717, 1.165) is 24.8 Å². The summed E-state index contributed by atoms with van der Waals surface area (Å²) < 4.78 is 5.39. The number of nitrogens with zero attached hydrogens (tertiary/aromatic N) is 3. The van der Waals surface area contributed by atoms with Crippen LogP contribution in [0.25, 0.3) is 0 Å². The number of aromatic nitrogens is 2. The number of carbonyl (C=O) groups excluding carboxylic acids is 2. The Bertz CT molecular complexity index is 814. The van der Waals surface area contributed by atoms with Gasteiger partial charge in [0, 0.05) is 19.6 Å². The number of carbonyl (C=O) groups is 2. The summed E-state index contributed by atoms with van der Waals surface area (Å²) in [6, 6.07) is 9.89. The topological polar surface area (TPSA) is 88.3 Å². The Morgan fingerprint density at radius 3 is 2.81 bits per heavy atom. The number of amides is 2. The number of rotatable bonds is 5. The molecule has 142 valence electrons. The second-order valence-corrected chi connectivity index (χ2v) is 7.29. The third-order valence-electron chi connectivity index (χ3n) is 5.51. The highest BCUT2D eigenvalue weighted by Crippen LogP contribution is 2.32. The van der Waals surface area contributed by atoms with Crippen molar-refractivity contribution in [1.82, 2.24) is 20.4 Å². The van der Waals surface area contributed by atoms with Gasteiger partial charge in [0.15, 0.2) is 5.82 Å². The quantitative estimate of drug-likeness (QED) is 0.874. The number of nitrogens with one attached hydrogen (secondary N) is 1. The largest absolute Gasteiger partial charge is 0.355 e. The molecule has 2 aliphatic heterocycles. The van der Waals surface area contributed by atoms with Gasteiger partial charge in [0.05, 0.1) is 11.8 Å². The van der Waals surface area contributed by atoms with E-state index in [-0.39, 0.29) is 29.6 Å². The van der Waals surface area contributed by atoms with Gasteiger partial charge in [0.2, 0.25) is 17.7 Å². The molecule has 0 radical (unpaired) electrons. The molecule has 2 saturated heterocycles. The molecule has 1 aromatic heterocycles. The molecule has 2 unspecified atom stereocenters. The first-order chi connectivity index (χ1) is 13.2. The van der Waals surface area contributed by atoms with Crippen molar-refractivity contribution in [3.05, 3.63) is 47.6 Å². The third-order valence-corrected chi connectivity index (χ3v) is 5.51. The number of piperidine rings is 1. The van der Waals surface area contributed by atoms with Crippen LogP contribution < -0.4 is 5.32 Å². The maximum absolute atomic E-state index is 12.8. The molecule has 0 saturated carbocycles. The minimum absolute atomic E-state index is 0.0346. The van der Waals surface area contributed by atoms with Gasteiger partial charge in [-0.25, -0.2) is 0 Å². The van der Waals surface area contributed by atoms with Crippen LogP contribution in [0.4, 0.5) is 0 Å². The summed E-state index contributed by atoms with van der Waals surface area (Å²) in [5.41, 5.74) is 1.05. The normalized spacial score (nSPS) is 21.4. The van der Waals surface area contributed by atoms with Gasteiger partial charge in [-0.1, -0.05) is 42.4 Å². The lowest BCUT2D eigenvalue weighted by Gasteiger charge is -2.39. The van der Waals surface area contributed by atoms with E-state index < -0.39 is 0 Å². The Balaban J connectivity index is 1.38. The molecule has 0 spiro atoms. The Morgan fingerprint density at radius 1 is 1.33 bits per heavy atom. The zero-order valence-electron chi connectivity index (χ0n) is 15.4. The summed E-state index contributed by atoms with van der Waals surface area (Å²) in [4.78, 5) is 31.1. The maximum Gasteiger partial charge on any atom is 0.233 e. The van der Waals surface area contributed by atoms with Crippen molar-refractivity contribution < 1.29 is 14.1 Å². The van der Waals surface area contributed by atoms with Gasteiger partial charge < -0.3 is 14.7 Å². The van der Waals surface area contributed by atoms with Crippen LogP contribution in [-0.2, 0) is 9.59 Å². The Labute approximate surface area is 158 Å². The van der Waals surface area contributed by atoms with E-state index in [1.807, 2.05) is 42.2 Å². The Hall–Kier alpha value is -2.70. The summed E-state index contributed by atoms with van der Waals surface area (Å²) in [7, 11) is 0. The molecule has 7 nitrogen and oxygen atoms in total. The molecule has 27 heavy (non-hydrogen) atoms. The van der Waals surface area contributed by atoms with E-state index in [1.165, 1.54) is 0 Å². The first-order valence-electron chi connectivity index (χ1n) is 9.62. The van der Waals surface area contributed by atoms with Crippen molar-refractivity contribution in [2.45, 2.75) is 43.9 Å². The number of hydrogen-bond acceptors (Lipinski definition) is 5. The fourth-order valence-electron chi connectivity index (χ4n) is 3.85. The zero-order chi connectivity index (χ0) is 18.8. The van der Waals surface area contributed by atoms with Gasteiger partial charge in [-0.05, 0) is 24.8 Å². The fraction of sp³-hybridized carbons (Fsp3) is 0.500. The average Bonchev–Trinajstić information content (AvgIpc) is 3.12. The number of hydrogen-bond donors (Lipinski definition) is 1. The van der Waals surface area contributed by atoms with Crippen LogP contribution in [0.1, 0.15) is 61.2 Å². The summed E-state index contributed by atoms with van der Waals surface area (Å²) >= 11 is 0. The predicted molar refractivity (Wildman–Crippen MR) is 98.1 cm³/mol. The highest BCUT2D eigenvalue weighted by molar-refractivity contribution is 5.84. The molecule has 4 rings (SSSR count). The van der Waals surface area contributed by atoms with Crippen molar-refractivity contribution >= 4 is 11.8 Å². The Kier molecular flexibility index (Phi) is 4.92. The van der Waals surface area contributed by atoms with Gasteiger partial charge in [0.1, 0.15) is 5.92 Å². The van der Waals surface area contributed by atoms with Crippen LogP contribution in [0.2, 0.25) is 0 Å². The molecule has 2 atom stereocenters. The van der Waals surface area contributed by atoms with E-state index in [2.05, 4.69) is 15.5 Å². The van der Waals surface area contributed by atoms with Gasteiger partial charge in [-0.3, -0.25) is 9.59 Å². The maximum atomic E-state index is 12.8. The van der Waals surface area contributed by atoms with Crippen molar-refractivity contribution in [2.75, 3.05) is 19.6 Å². The lowest BCUT2D eigenvalue weighted by molar-refractivity contribution is -0.137. The smallest absolute Gasteiger partial charge is 0.233 e. The first-order valence-corrected chi connectivity index (χ1v) is 9.62. The molecule has 0 aliphatic carbocycles. The summed E-state index contributed by atoms with van der Waals surface area (Å²) in [5.74, 6) is 0.713. The van der Waals surface area contributed by atoms with Crippen LogP contribution in [0, 0.1) is 0 Å². The van der Waals surface area contributed by atoms with E-state index in [0.29, 0.717) is 31.3 Å². The van der Waals surface area contributed by atoms with Crippen molar-refractivity contribution in [1.29, 1.82) is 0 Å². The van der Waals surface area contributed by atoms with Gasteiger partial charge in [-0.15, -0.1) is 0 Å². The summed E-state index contributed by atoms with van der Waals surface area (Å²) in [5, 5.41) is 6.85. The first kappa shape index (κ1) is 17.7. The lowest BCUT2D eigenvalue weighted by atomic mass is 9.91. The van der Waals surface area contributed by atoms with Crippen molar-refractivity contribution in [2.24, 2.45) is 0 Å². The van der Waals surface area contributed by atoms with Crippen LogP contribution in [0.3, 0.4) is 0 Å². The minimum Gasteiger partial charge on any atom is -0.355 e. The average molecular weight is 368 g/mol. The summed E-state index contributed by atoms with van der Waals surface area (Å²) in [6.07, 6.45) is 2.44. The van der Waals surface area contributed by atoms with E-state index >= 15 is 0 Å². The predicted octanol–water partition coefficient (Wildman–Crippen LogP) is 2.18. The van der Waals surface area contributed by atoms with Gasteiger partial charge in [0.25, 0.3) is 0 Å². The minimum atomic E-state index is -0.323. The molecule has 3 heterocycles. The molecule has 1 N–H and O–H groups in total. The fourth-order valence-corrected chi connectivity index (χ4v) is 3.85. The standard InChI is InChI=1S/C20H24N4O3/c1-2-15(13-7-4-3-5-8-13)20(26)24-11-14(12-24)19-22-17(23-27-19)16-9-6-10-21-18(16)25/h3-5,7-8,14-16H,2,6,9-12H2,1H3,(H,21,25). The highest BCUT2D eigenvalue weighted by atomic mass is 16.5. The molecular formula is C20H24N4O3. The molecule has 2 aliphatic rings. The van der Waals surface area contributed by atoms with Crippen LogP contribution in [-0.4, -0.2) is 46.5 Å². The van der Waals surface area contributed by atoms with Crippen molar-refractivity contribution in [3.8, 4) is 0 Å². The molecular weight excluding hydrogens is 344 g/mol. The monoisotopic (exact) mass is 368 g/mol.